The largest absolute Gasteiger partial charge is 0.342 e. The summed E-state index contributed by atoms with van der Waals surface area (Å²) < 4.78 is 0. The second kappa shape index (κ2) is 16.5. The third kappa shape index (κ3) is 13.2. The van der Waals surface area contributed by atoms with Crippen LogP contribution >= 0.6 is 0 Å². The SMILES string of the molecule is O=C(CCCCCCCCCCCCCCCC(=O)c1ccccc1)OO. The summed E-state index contributed by atoms with van der Waals surface area (Å²) in [7, 11) is 0. The number of hydrogen-bond donors (Lipinski definition) is 1. The first-order valence-corrected chi connectivity index (χ1v) is 10.7. The number of unbranched alkanes of at least 4 members (excludes halogenated alkanes) is 12. The number of ketones is 1. The minimum absolute atomic E-state index is 0.268. The van der Waals surface area contributed by atoms with Crippen LogP contribution < -0.4 is 0 Å². The van der Waals surface area contributed by atoms with Gasteiger partial charge in [-0.2, -0.15) is 5.26 Å². The van der Waals surface area contributed by atoms with Crippen molar-refractivity contribution in [2.45, 2.75) is 96.3 Å². The van der Waals surface area contributed by atoms with Gasteiger partial charge in [-0.25, -0.2) is 4.79 Å². The minimum atomic E-state index is -0.530. The molecule has 0 aliphatic rings. The molecule has 0 radical (unpaired) electrons. The zero-order valence-corrected chi connectivity index (χ0v) is 16.7. The van der Waals surface area contributed by atoms with Gasteiger partial charge in [-0.3, -0.25) is 4.79 Å². The molecule has 0 spiro atoms. The van der Waals surface area contributed by atoms with E-state index in [0.29, 0.717) is 12.8 Å². The first-order valence-electron chi connectivity index (χ1n) is 10.7. The monoisotopic (exact) mass is 376 g/mol. The fourth-order valence-electron chi connectivity index (χ4n) is 3.31. The number of hydrogen-bond acceptors (Lipinski definition) is 4. The number of carbonyl (C=O) groups is 2. The van der Waals surface area contributed by atoms with E-state index in [1.54, 1.807) is 0 Å². The van der Waals surface area contributed by atoms with Gasteiger partial charge in [0.1, 0.15) is 0 Å². The molecule has 4 heteroatoms. The van der Waals surface area contributed by atoms with Crippen molar-refractivity contribution in [3.8, 4) is 0 Å². The molecule has 0 aromatic heterocycles. The van der Waals surface area contributed by atoms with E-state index in [9.17, 15) is 9.59 Å². The van der Waals surface area contributed by atoms with Crippen molar-refractivity contribution >= 4 is 11.8 Å². The molecule has 4 nitrogen and oxygen atoms in total. The van der Waals surface area contributed by atoms with E-state index in [1.165, 1.54) is 51.4 Å². The molecule has 0 unspecified atom stereocenters. The Kier molecular flexibility index (Phi) is 14.3. The highest BCUT2D eigenvalue weighted by Crippen LogP contribution is 2.14. The van der Waals surface area contributed by atoms with Gasteiger partial charge < -0.3 is 4.89 Å². The van der Waals surface area contributed by atoms with E-state index in [2.05, 4.69) is 4.89 Å². The number of rotatable bonds is 17. The van der Waals surface area contributed by atoms with E-state index >= 15 is 0 Å². The van der Waals surface area contributed by atoms with E-state index in [1.807, 2.05) is 30.3 Å². The van der Waals surface area contributed by atoms with Crippen molar-refractivity contribution < 1.29 is 19.7 Å². The number of benzene rings is 1. The Balaban J connectivity index is 1.78. The molecular formula is C23H36O4. The predicted octanol–water partition coefficient (Wildman–Crippen LogP) is 6.74. The Morgan fingerprint density at radius 1 is 0.630 bits per heavy atom. The third-order valence-corrected chi connectivity index (χ3v) is 4.98. The zero-order chi connectivity index (χ0) is 19.6. The molecule has 0 amide bonds. The lowest BCUT2D eigenvalue weighted by molar-refractivity contribution is -0.234. The molecule has 0 bridgehead atoms. The van der Waals surface area contributed by atoms with Gasteiger partial charge in [0.2, 0.25) is 0 Å². The summed E-state index contributed by atoms with van der Waals surface area (Å²) in [6.45, 7) is 0. The fourth-order valence-corrected chi connectivity index (χ4v) is 3.31. The molecule has 0 aliphatic carbocycles. The van der Waals surface area contributed by atoms with Gasteiger partial charge in [0.25, 0.3) is 0 Å². The van der Waals surface area contributed by atoms with Crippen LogP contribution in [0.5, 0.6) is 0 Å². The van der Waals surface area contributed by atoms with Crippen molar-refractivity contribution in [2.24, 2.45) is 0 Å². The Hall–Kier alpha value is -1.68. The maximum atomic E-state index is 12.0. The van der Waals surface area contributed by atoms with Crippen LogP contribution in [0.3, 0.4) is 0 Å². The average Bonchev–Trinajstić information content (AvgIpc) is 2.71. The summed E-state index contributed by atoms with van der Waals surface area (Å²) >= 11 is 0. The Labute approximate surface area is 164 Å². The summed E-state index contributed by atoms with van der Waals surface area (Å²) in [4.78, 5) is 26.3. The summed E-state index contributed by atoms with van der Waals surface area (Å²) in [6, 6.07) is 9.58. The molecule has 1 rings (SSSR count). The van der Waals surface area contributed by atoms with E-state index in [-0.39, 0.29) is 5.78 Å². The van der Waals surface area contributed by atoms with Crippen molar-refractivity contribution in [1.29, 1.82) is 0 Å². The Morgan fingerprint density at radius 2 is 1.04 bits per heavy atom. The molecule has 27 heavy (non-hydrogen) atoms. The Morgan fingerprint density at radius 3 is 1.48 bits per heavy atom. The highest BCUT2D eigenvalue weighted by atomic mass is 17.1. The number of carbonyl (C=O) groups excluding carboxylic acids is 2. The molecule has 0 saturated heterocycles. The molecule has 0 saturated carbocycles. The van der Waals surface area contributed by atoms with Crippen LogP contribution in [0.15, 0.2) is 30.3 Å². The highest BCUT2D eigenvalue weighted by molar-refractivity contribution is 5.95. The van der Waals surface area contributed by atoms with Crippen molar-refractivity contribution in [3.05, 3.63) is 35.9 Å². The molecule has 0 atom stereocenters. The van der Waals surface area contributed by atoms with Crippen LogP contribution in [0, 0.1) is 0 Å². The lowest BCUT2D eigenvalue weighted by Gasteiger charge is -2.03. The van der Waals surface area contributed by atoms with Gasteiger partial charge in [0.15, 0.2) is 5.78 Å². The van der Waals surface area contributed by atoms with Crippen molar-refractivity contribution in [2.75, 3.05) is 0 Å². The second-order valence-corrected chi connectivity index (χ2v) is 7.35. The lowest BCUT2D eigenvalue weighted by atomic mass is 10.0. The van der Waals surface area contributed by atoms with Crippen LogP contribution in [-0.4, -0.2) is 17.0 Å². The van der Waals surface area contributed by atoms with Crippen molar-refractivity contribution in [1.82, 2.24) is 0 Å². The third-order valence-electron chi connectivity index (χ3n) is 4.98. The summed E-state index contributed by atoms with van der Waals surface area (Å²) in [6.07, 6.45) is 16.4. The highest BCUT2D eigenvalue weighted by Gasteiger charge is 2.04. The summed E-state index contributed by atoms with van der Waals surface area (Å²) in [5.74, 6) is -0.262. The number of Topliss-reactive ketones (excluding diaryl/α,β-unsaturated/α-hetero) is 1. The molecule has 0 aliphatic heterocycles. The van der Waals surface area contributed by atoms with Crippen LogP contribution in [0.2, 0.25) is 0 Å². The predicted molar refractivity (Wildman–Crippen MR) is 109 cm³/mol. The van der Waals surface area contributed by atoms with E-state index in [0.717, 1.165) is 37.7 Å². The van der Waals surface area contributed by atoms with Gasteiger partial charge >= 0.3 is 5.97 Å². The van der Waals surface area contributed by atoms with Gasteiger partial charge in [-0.05, 0) is 12.8 Å². The maximum Gasteiger partial charge on any atom is 0.342 e. The standard InChI is InChI=1S/C23H36O4/c24-22(21-17-13-12-14-18-21)19-15-10-8-6-4-2-1-3-5-7-9-11-16-20-23(25)27-26/h12-14,17-18,26H,1-11,15-16,19-20H2. The zero-order valence-electron chi connectivity index (χ0n) is 16.7. The fraction of sp³-hybridized carbons (Fsp3) is 0.652. The molecule has 0 heterocycles. The van der Waals surface area contributed by atoms with Crippen LogP contribution in [0.25, 0.3) is 0 Å². The Bertz CT molecular complexity index is 498. The first-order chi connectivity index (χ1) is 13.2. The molecule has 1 aromatic rings. The quantitative estimate of drug-likeness (QED) is 0.142. The van der Waals surface area contributed by atoms with E-state index in [4.69, 9.17) is 5.26 Å². The topological polar surface area (TPSA) is 63.6 Å². The van der Waals surface area contributed by atoms with Gasteiger partial charge in [-0.15, -0.1) is 0 Å². The first kappa shape index (κ1) is 23.4. The molecule has 1 aromatic carbocycles. The van der Waals surface area contributed by atoms with Gasteiger partial charge in [-0.1, -0.05) is 101 Å². The summed E-state index contributed by atoms with van der Waals surface area (Å²) in [5.41, 5.74) is 0.838. The minimum Gasteiger partial charge on any atom is -0.301 e. The molecular weight excluding hydrogens is 340 g/mol. The van der Waals surface area contributed by atoms with E-state index < -0.39 is 5.97 Å². The molecule has 152 valence electrons. The second-order valence-electron chi connectivity index (χ2n) is 7.35. The van der Waals surface area contributed by atoms with Crippen LogP contribution in [0.1, 0.15) is 107 Å². The van der Waals surface area contributed by atoms with Crippen LogP contribution in [-0.2, 0) is 9.68 Å². The maximum absolute atomic E-state index is 12.0. The van der Waals surface area contributed by atoms with Crippen LogP contribution in [0.4, 0.5) is 0 Å². The summed E-state index contributed by atoms with van der Waals surface area (Å²) in [5, 5.41) is 8.14. The van der Waals surface area contributed by atoms with Gasteiger partial charge in [0, 0.05) is 18.4 Å². The van der Waals surface area contributed by atoms with Crippen molar-refractivity contribution in [3.63, 3.8) is 0 Å². The molecule has 0 fully saturated rings. The van der Waals surface area contributed by atoms with Gasteiger partial charge in [0.05, 0.1) is 0 Å². The normalized spacial score (nSPS) is 10.7. The average molecular weight is 377 g/mol. The smallest absolute Gasteiger partial charge is 0.301 e. The lowest BCUT2D eigenvalue weighted by Crippen LogP contribution is -1.99. The molecule has 1 N–H and O–H groups in total.